The summed E-state index contributed by atoms with van der Waals surface area (Å²) in [5.74, 6) is -1.76. The summed E-state index contributed by atoms with van der Waals surface area (Å²) in [6, 6.07) is 31.4. The first-order valence-corrected chi connectivity index (χ1v) is 12.7. The molecule has 0 aliphatic carbocycles. The molecule has 5 aromatic rings. The van der Waals surface area contributed by atoms with Gasteiger partial charge < -0.3 is 15.7 Å². The standard InChI is InChI=1S/C32H27FN4O3/c33-28-18-26(16-17-27(28)25-19-34-37(21-25)20-22-10-4-1-5-11-22)35-31(38)30(36-32(39)40)29(23-12-6-2-7-13-23)24-14-8-3-9-15-24/h1-19,21,29-30,36H,20H2,(H,35,38)(H,39,40). The van der Waals surface area contributed by atoms with Gasteiger partial charge in [-0.05, 0) is 34.9 Å². The molecular formula is C32H27FN4O3. The van der Waals surface area contributed by atoms with Gasteiger partial charge in [-0.1, -0.05) is 91.0 Å². The summed E-state index contributed by atoms with van der Waals surface area (Å²) >= 11 is 0. The lowest BCUT2D eigenvalue weighted by atomic mass is 9.84. The summed E-state index contributed by atoms with van der Waals surface area (Å²) in [4.78, 5) is 25.3. The lowest BCUT2D eigenvalue weighted by Crippen LogP contribution is -2.47. The van der Waals surface area contributed by atoms with Crippen LogP contribution in [0.2, 0.25) is 0 Å². The van der Waals surface area contributed by atoms with E-state index in [1.165, 1.54) is 6.07 Å². The molecule has 1 atom stereocenters. The van der Waals surface area contributed by atoms with Gasteiger partial charge in [-0.15, -0.1) is 0 Å². The largest absolute Gasteiger partial charge is 0.465 e. The highest BCUT2D eigenvalue weighted by Gasteiger charge is 2.32. The van der Waals surface area contributed by atoms with Crippen molar-refractivity contribution in [2.45, 2.75) is 18.5 Å². The van der Waals surface area contributed by atoms with Crippen LogP contribution in [0.15, 0.2) is 122 Å². The van der Waals surface area contributed by atoms with Crippen molar-refractivity contribution in [1.29, 1.82) is 0 Å². The second-order valence-electron chi connectivity index (χ2n) is 9.32. The van der Waals surface area contributed by atoms with Crippen molar-refractivity contribution in [2.75, 3.05) is 5.32 Å². The molecule has 3 N–H and O–H groups in total. The lowest BCUT2D eigenvalue weighted by molar-refractivity contribution is -0.118. The SMILES string of the molecule is O=C(O)NC(C(=O)Nc1ccc(-c2cnn(Cc3ccccc3)c2)c(F)c1)C(c1ccccc1)c1ccccc1. The number of aromatic nitrogens is 2. The number of hydrogen-bond donors (Lipinski definition) is 3. The Morgan fingerprint density at radius 3 is 2.02 bits per heavy atom. The number of carbonyl (C=O) groups is 2. The second kappa shape index (κ2) is 12.1. The van der Waals surface area contributed by atoms with Gasteiger partial charge in [0.1, 0.15) is 11.9 Å². The summed E-state index contributed by atoms with van der Waals surface area (Å²) < 4.78 is 17.0. The number of amides is 2. The van der Waals surface area contributed by atoms with Crippen LogP contribution in [0.3, 0.4) is 0 Å². The minimum atomic E-state index is -1.34. The predicted octanol–water partition coefficient (Wildman–Crippen LogP) is 6.14. The van der Waals surface area contributed by atoms with Crippen molar-refractivity contribution < 1.29 is 19.1 Å². The molecule has 4 aromatic carbocycles. The van der Waals surface area contributed by atoms with E-state index in [2.05, 4.69) is 15.7 Å². The highest BCUT2D eigenvalue weighted by molar-refractivity contribution is 5.97. The van der Waals surface area contributed by atoms with Gasteiger partial charge in [0.25, 0.3) is 0 Å². The number of anilines is 1. The van der Waals surface area contributed by atoms with Gasteiger partial charge in [0, 0.05) is 28.9 Å². The Morgan fingerprint density at radius 2 is 1.45 bits per heavy atom. The van der Waals surface area contributed by atoms with Gasteiger partial charge in [-0.25, -0.2) is 9.18 Å². The molecule has 8 heteroatoms. The summed E-state index contributed by atoms with van der Waals surface area (Å²) in [5, 5.41) is 19.0. The van der Waals surface area contributed by atoms with Crippen LogP contribution < -0.4 is 10.6 Å². The fraction of sp³-hybridized carbons (Fsp3) is 0.0938. The van der Waals surface area contributed by atoms with Gasteiger partial charge in [0.05, 0.1) is 12.7 Å². The first-order valence-electron chi connectivity index (χ1n) is 12.7. The Hall–Kier alpha value is -5.24. The quantitative estimate of drug-likeness (QED) is 0.212. The van der Waals surface area contributed by atoms with Crippen LogP contribution in [0.4, 0.5) is 14.9 Å². The van der Waals surface area contributed by atoms with E-state index in [-0.39, 0.29) is 5.69 Å². The molecule has 0 saturated carbocycles. The lowest BCUT2D eigenvalue weighted by Gasteiger charge is -2.27. The van der Waals surface area contributed by atoms with Gasteiger partial charge in [0.15, 0.2) is 0 Å². The first kappa shape index (κ1) is 26.4. The van der Waals surface area contributed by atoms with Crippen LogP contribution in [0.5, 0.6) is 0 Å². The Bertz CT molecular complexity index is 1550. The zero-order chi connectivity index (χ0) is 27.9. The number of nitrogens with zero attached hydrogens (tertiary/aromatic N) is 2. The van der Waals surface area contributed by atoms with E-state index in [1.807, 2.05) is 91.0 Å². The highest BCUT2D eigenvalue weighted by atomic mass is 19.1. The van der Waals surface area contributed by atoms with Crippen molar-refractivity contribution in [1.82, 2.24) is 15.1 Å². The van der Waals surface area contributed by atoms with Crippen LogP contribution >= 0.6 is 0 Å². The summed E-state index contributed by atoms with van der Waals surface area (Å²) in [5.41, 5.74) is 3.74. The number of halogens is 1. The molecule has 0 radical (unpaired) electrons. The fourth-order valence-electron chi connectivity index (χ4n) is 4.74. The molecule has 0 saturated heterocycles. The highest BCUT2D eigenvalue weighted by Crippen LogP contribution is 2.30. The van der Waals surface area contributed by atoms with Gasteiger partial charge in [0.2, 0.25) is 5.91 Å². The van der Waals surface area contributed by atoms with Crippen molar-refractivity contribution in [3.8, 4) is 11.1 Å². The topological polar surface area (TPSA) is 96.2 Å². The van der Waals surface area contributed by atoms with Crippen molar-refractivity contribution in [3.63, 3.8) is 0 Å². The molecular weight excluding hydrogens is 507 g/mol. The smallest absolute Gasteiger partial charge is 0.405 e. The number of rotatable bonds is 9. The Morgan fingerprint density at radius 1 is 0.850 bits per heavy atom. The third kappa shape index (κ3) is 6.24. The minimum Gasteiger partial charge on any atom is -0.465 e. The fourth-order valence-corrected chi connectivity index (χ4v) is 4.74. The first-order chi connectivity index (χ1) is 19.5. The van der Waals surface area contributed by atoms with Crippen LogP contribution in [-0.2, 0) is 11.3 Å². The number of nitrogens with one attached hydrogen (secondary N) is 2. The van der Waals surface area contributed by atoms with Crippen molar-refractivity contribution in [3.05, 3.63) is 144 Å². The maximum absolute atomic E-state index is 15.2. The van der Waals surface area contributed by atoms with Crippen LogP contribution in [-0.4, -0.2) is 32.9 Å². The minimum absolute atomic E-state index is 0.208. The van der Waals surface area contributed by atoms with E-state index in [4.69, 9.17) is 0 Å². The van der Waals surface area contributed by atoms with E-state index >= 15 is 4.39 Å². The van der Waals surface area contributed by atoms with E-state index < -0.39 is 29.8 Å². The molecule has 7 nitrogen and oxygen atoms in total. The normalized spacial score (nSPS) is 11.7. The van der Waals surface area contributed by atoms with Crippen LogP contribution in [0, 0.1) is 5.82 Å². The summed E-state index contributed by atoms with van der Waals surface area (Å²) in [7, 11) is 0. The van der Waals surface area contributed by atoms with Crippen LogP contribution in [0.1, 0.15) is 22.6 Å². The molecule has 1 unspecified atom stereocenters. The molecule has 0 aliphatic rings. The average Bonchev–Trinajstić information content (AvgIpc) is 3.42. The van der Waals surface area contributed by atoms with E-state index in [1.54, 1.807) is 29.2 Å². The number of benzene rings is 4. The second-order valence-corrected chi connectivity index (χ2v) is 9.32. The van der Waals surface area contributed by atoms with Crippen molar-refractivity contribution >= 4 is 17.7 Å². The molecule has 1 aromatic heterocycles. The zero-order valence-corrected chi connectivity index (χ0v) is 21.4. The van der Waals surface area contributed by atoms with Gasteiger partial charge in [-0.3, -0.25) is 9.48 Å². The maximum atomic E-state index is 15.2. The zero-order valence-electron chi connectivity index (χ0n) is 21.4. The molecule has 40 heavy (non-hydrogen) atoms. The number of carboxylic acid groups (broad SMARTS) is 1. The number of hydrogen-bond acceptors (Lipinski definition) is 3. The summed E-state index contributed by atoms with van der Waals surface area (Å²) in [6.45, 7) is 0.554. The van der Waals surface area contributed by atoms with E-state index in [0.717, 1.165) is 16.7 Å². The number of carbonyl (C=O) groups excluding carboxylic acids is 1. The maximum Gasteiger partial charge on any atom is 0.405 e. The van der Waals surface area contributed by atoms with Gasteiger partial charge >= 0.3 is 6.09 Å². The third-order valence-electron chi connectivity index (χ3n) is 6.58. The Kier molecular flexibility index (Phi) is 7.97. The molecule has 1 heterocycles. The molecule has 5 rings (SSSR count). The predicted molar refractivity (Wildman–Crippen MR) is 151 cm³/mol. The Balaban J connectivity index is 1.38. The molecule has 2 amide bonds. The van der Waals surface area contributed by atoms with E-state index in [0.29, 0.717) is 17.7 Å². The van der Waals surface area contributed by atoms with E-state index in [9.17, 15) is 14.7 Å². The molecule has 0 fully saturated rings. The van der Waals surface area contributed by atoms with Crippen LogP contribution in [0.25, 0.3) is 11.1 Å². The monoisotopic (exact) mass is 534 g/mol. The summed E-state index contributed by atoms with van der Waals surface area (Å²) in [6.07, 6.45) is 2.02. The molecule has 0 aliphatic heterocycles. The Labute approximate surface area is 230 Å². The molecule has 0 spiro atoms. The third-order valence-corrected chi connectivity index (χ3v) is 6.58. The average molecular weight is 535 g/mol. The molecule has 200 valence electrons. The molecule has 0 bridgehead atoms. The van der Waals surface area contributed by atoms with Gasteiger partial charge in [-0.2, -0.15) is 5.10 Å². The van der Waals surface area contributed by atoms with Crippen molar-refractivity contribution in [2.24, 2.45) is 0 Å².